The van der Waals surface area contributed by atoms with Gasteiger partial charge in [0.15, 0.2) is 0 Å². The topological polar surface area (TPSA) is 46.5 Å². The number of halogens is 4. The summed E-state index contributed by atoms with van der Waals surface area (Å²) in [6.45, 7) is 0.665. The first-order valence-electron chi connectivity index (χ1n) is 4.87. The predicted molar refractivity (Wildman–Crippen MR) is 62.4 cm³/mol. The molecule has 0 aliphatic rings. The molecule has 0 saturated heterocycles. The number of ether oxygens (including phenoxy) is 1. The molecule has 7 heteroatoms. The first-order chi connectivity index (χ1) is 8.24. The maximum Gasteiger partial charge on any atom is 0.339 e. The number of aliphatic hydroxyl groups is 1. The molecule has 0 spiro atoms. The van der Waals surface area contributed by atoms with Crippen LogP contribution in [0, 0.1) is 11.6 Å². The van der Waals surface area contributed by atoms with E-state index in [9.17, 15) is 18.7 Å². The number of hydrogen-bond donors (Lipinski definition) is 1. The summed E-state index contributed by atoms with van der Waals surface area (Å²) in [6, 6.07) is 2.68. The zero-order chi connectivity index (χ0) is 13.9. The summed E-state index contributed by atoms with van der Waals surface area (Å²) in [5, 5.41) is 9.96. The Hall–Kier alpha value is -0.910. The van der Waals surface area contributed by atoms with Crippen molar-refractivity contribution in [3.8, 4) is 0 Å². The van der Waals surface area contributed by atoms with Gasteiger partial charge in [-0.2, -0.15) is 0 Å². The van der Waals surface area contributed by atoms with Gasteiger partial charge in [-0.25, -0.2) is 13.6 Å². The van der Waals surface area contributed by atoms with Gasteiger partial charge in [0, 0.05) is 11.6 Å². The monoisotopic (exact) mass is 298 g/mol. The van der Waals surface area contributed by atoms with Crippen LogP contribution in [0.25, 0.3) is 0 Å². The van der Waals surface area contributed by atoms with E-state index in [0.717, 1.165) is 12.1 Å². The van der Waals surface area contributed by atoms with E-state index in [-0.39, 0.29) is 5.56 Å². The molecule has 1 aromatic rings. The Balaban J connectivity index is 2.82. The molecule has 1 rings (SSSR count). The Kier molecular flexibility index (Phi) is 4.90. The average molecular weight is 299 g/mol. The SMILES string of the molecule is CC(O)(COC(=O)C(Cl)Cl)c1ccc(F)cc1F. The number of carbonyl (C=O) groups is 1. The molecular weight excluding hydrogens is 289 g/mol. The zero-order valence-electron chi connectivity index (χ0n) is 9.29. The average Bonchev–Trinajstić information content (AvgIpc) is 2.25. The van der Waals surface area contributed by atoms with Gasteiger partial charge in [0.05, 0.1) is 0 Å². The lowest BCUT2D eigenvalue weighted by molar-refractivity contribution is -0.149. The van der Waals surface area contributed by atoms with Gasteiger partial charge in [-0.05, 0) is 13.0 Å². The number of alkyl halides is 2. The third-order valence-electron chi connectivity index (χ3n) is 2.19. The van der Waals surface area contributed by atoms with Crippen molar-refractivity contribution in [1.82, 2.24) is 0 Å². The van der Waals surface area contributed by atoms with Gasteiger partial charge >= 0.3 is 5.97 Å². The van der Waals surface area contributed by atoms with Gasteiger partial charge in [0.25, 0.3) is 0 Å². The predicted octanol–water partition coefficient (Wildman–Crippen LogP) is 2.52. The van der Waals surface area contributed by atoms with E-state index in [4.69, 9.17) is 23.2 Å². The number of benzene rings is 1. The Bertz CT molecular complexity index is 450. The third-order valence-corrected chi connectivity index (χ3v) is 2.54. The molecule has 0 aliphatic heterocycles. The molecule has 0 amide bonds. The number of rotatable bonds is 4. The normalized spacial score (nSPS) is 14.4. The smallest absolute Gasteiger partial charge is 0.339 e. The van der Waals surface area contributed by atoms with Crippen molar-refractivity contribution in [3.05, 3.63) is 35.4 Å². The third kappa shape index (κ3) is 3.80. The van der Waals surface area contributed by atoms with Gasteiger partial charge in [-0.3, -0.25) is 0 Å². The van der Waals surface area contributed by atoms with Crippen LogP contribution >= 0.6 is 23.2 Å². The van der Waals surface area contributed by atoms with Crippen LogP contribution in [-0.2, 0) is 15.1 Å². The Morgan fingerprint density at radius 2 is 2.11 bits per heavy atom. The highest BCUT2D eigenvalue weighted by atomic mass is 35.5. The zero-order valence-corrected chi connectivity index (χ0v) is 10.8. The molecule has 0 radical (unpaired) electrons. The number of carbonyl (C=O) groups excluding carboxylic acids is 1. The summed E-state index contributed by atoms with van der Waals surface area (Å²) < 4.78 is 30.7. The summed E-state index contributed by atoms with van der Waals surface area (Å²) in [6.07, 6.45) is 0. The lowest BCUT2D eigenvalue weighted by Gasteiger charge is -2.24. The fraction of sp³-hybridized carbons (Fsp3) is 0.364. The first-order valence-corrected chi connectivity index (χ1v) is 5.74. The van der Waals surface area contributed by atoms with Crippen LogP contribution < -0.4 is 0 Å². The molecule has 0 aromatic heterocycles. The lowest BCUT2D eigenvalue weighted by atomic mass is 9.96. The fourth-order valence-electron chi connectivity index (χ4n) is 1.28. The highest BCUT2D eigenvalue weighted by Crippen LogP contribution is 2.25. The second kappa shape index (κ2) is 5.82. The Morgan fingerprint density at radius 3 is 2.61 bits per heavy atom. The molecule has 0 saturated carbocycles. The number of esters is 1. The van der Waals surface area contributed by atoms with Gasteiger partial charge in [0.2, 0.25) is 4.84 Å². The van der Waals surface area contributed by atoms with Crippen LogP contribution in [0.2, 0.25) is 0 Å². The molecule has 18 heavy (non-hydrogen) atoms. The van der Waals surface area contributed by atoms with E-state index in [1.54, 1.807) is 0 Å². The van der Waals surface area contributed by atoms with Crippen molar-refractivity contribution >= 4 is 29.2 Å². The fourth-order valence-corrected chi connectivity index (χ4v) is 1.40. The molecule has 0 bridgehead atoms. The minimum atomic E-state index is -1.81. The van der Waals surface area contributed by atoms with Crippen LogP contribution in [0.4, 0.5) is 8.78 Å². The summed E-state index contributed by atoms with van der Waals surface area (Å²) >= 11 is 10.5. The van der Waals surface area contributed by atoms with Crippen molar-refractivity contribution in [3.63, 3.8) is 0 Å². The summed E-state index contributed by atoms with van der Waals surface area (Å²) in [5.41, 5.74) is -2.01. The molecule has 1 aromatic carbocycles. The minimum absolute atomic E-state index is 0.197. The van der Waals surface area contributed by atoms with Crippen molar-refractivity contribution < 1.29 is 23.4 Å². The molecule has 1 atom stereocenters. The molecule has 3 nitrogen and oxygen atoms in total. The van der Waals surface area contributed by atoms with Crippen LogP contribution in [0.3, 0.4) is 0 Å². The van der Waals surface area contributed by atoms with Crippen LogP contribution in [0.1, 0.15) is 12.5 Å². The molecular formula is C11H10Cl2F2O3. The van der Waals surface area contributed by atoms with E-state index in [1.165, 1.54) is 6.92 Å². The van der Waals surface area contributed by atoms with Crippen molar-refractivity contribution in [2.24, 2.45) is 0 Å². The second-order valence-electron chi connectivity index (χ2n) is 3.81. The standard InChI is InChI=1S/C11H10Cl2F2O3/c1-11(17,5-18-10(16)9(12)13)7-3-2-6(14)4-8(7)15/h2-4,9,17H,5H2,1H3. The van der Waals surface area contributed by atoms with Gasteiger partial charge in [0.1, 0.15) is 23.8 Å². The van der Waals surface area contributed by atoms with E-state index in [0.29, 0.717) is 6.07 Å². The van der Waals surface area contributed by atoms with Crippen molar-refractivity contribution in [2.75, 3.05) is 6.61 Å². The van der Waals surface area contributed by atoms with Gasteiger partial charge < -0.3 is 9.84 Å². The van der Waals surface area contributed by atoms with Crippen LogP contribution in [0.5, 0.6) is 0 Å². The summed E-state index contributed by atoms with van der Waals surface area (Å²) in [5.74, 6) is -2.67. The van der Waals surface area contributed by atoms with Crippen LogP contribution in [0.15, 0.2) is 18.2 Å². The van der Waals surface area contributed by atoms with Crippen LogP contribution in [-0.4, -0.2) is 22.5 Å². The summed E-state index contributed by atoms with van der Waals surface area (Å²) in [4.78, 5) is 9.62. The summed E-state index contributed by atoms with van der Waals surface area (Å²) in [7, 11) is 0. The van der Waals surface area contributed by atoms with Crippen molar-refractivity contribution in [1.29, 1.82) is 0 Å². The molecule has 0 fully saturated rings. The maximum absolute atomic E-state index is 13.4. The molecule has 0 aliphatic carbocycles. The Labute approximate surface area is 112 Å². The number of hydrogen-bond acceptors (Lipinski definition) is 3. The molecule has 1 N–H and O–H groups in total. The van der Waals surface area contributed by atoms with E-state index < -0.39 is 34.6 Å². The first kappa shape index (κ1) is 15.1. The van der Waals surface area contributed by atoms with E-state index >= 15 is 0 Å². The highest BCUT2D eigenvalue weighted by molar-refractivity contribution is 6.52. The quantitative estimate of drug-likeness (QED) is 0.686. The largest absolute Gasteiger partial charge is 0.460 e. The van der Waals surface area contributed by atoms with Crippen molar-refractivity contribution in [2.45, 2.75) is 17.4 Å². The maximum atomic E-state index is 13.4. The molecule has 1 unspecified atom stereocenters. The molecule has 0 heterocycles. The molecule has 100 valence electrons. The Morgan fingerprint density at radius 1 is 1.50 bits per heavy atom. The van der Waals surface area contributed by atoms with E-state index in [2.05, 4.69) is 4.74 Å². The minimum Gasteiger partial charge on any atom is -0.460 e. The van der Waals surface area contributed by atoms with Gasteiger partial charge in [-0.1, -0.05) is 29.3 Å². The van der Waals surface area contributed by atoms with Gasteiger partial charge in [-0.15, -0.1) is 0 Å². The van der Waals surface area contributed by atoms with E-state index in [1.807, 2.05) is 0 Å². The lowest BCUT2D eigenvalue weighted by Crippen LogP contribution is -2.31. The second-order valence-corrected chi connectivity index (χ2v) is 4.90. The highest BCUT2D eigenvalue weighted by Gasteiger charge is 2.29.